The van der Waals surface area contributed by atoms with E-state index < -0.39 is 5.63 Å². The van der Waals surface area contributed by atoms with Gasteiger partial charge in [-0.2, -0.15) is 0 Å². The lowest BCUT2D eigenvalue weighted by molar-refractivity contribution is -0.130. The number of halogens is 1. The molecule has 0 N–H and O–H groups in total. The molecule has 0 aliphatic heterocycles. The SMILES string of the molecule is COc1ccc2c(C)c(CCC(=O)N(C)Cc3ccc(Cl)cc3)c(=O)oc2c1. The minimum atomic E-state index is -0.411. The van der Waals surface area contributed by atoms with E-state index in [9.17, 15) is 9.59 Å². The Balaban J connectivity index is 1.72. The van der Waals surface area contributed by atoms with Crippen LogP contribution in [0.15, 0.2) is 51.7 Å². The molecule has 0 aliphatic carbocycles. The Morgan fingerprint density at radius 3 is 2.57 bits per heavy atom. The Hall–Kier alpha value is -2.79. The fraction of sp³-hybridized carbons (Fsp3) is 0.273. The van der Waals surface area contributed by atoms with Gasteiger partial charge in [0.2, 0.25) is 5.91 Å². The first-order valence-corrected chi connectivity index (χ1v) is 9.35. The number of benzene rings is 2. The minimum absolute atomic E-state index is 0.0384. The Morgan fingerprint density at radius 2 is 1.89 bits per heavy atom. The Kier molecular flexibility index (Phi) is 6.05. The molecule has 1 aromatic heterocycles. The molecule has 28 heavy (non-hydrogen) atoms. The maximum absolute atomic E-state index is 12.5. The molecule has 0 saturated carbocycles. The smallest absolute Gasteiger partial charge is 0.339 e. The second-order valence-electron chi connectivity index (χ2n) is 6.73. The van der Waals surface area contributed by atoms with Crippen molar-refractivity contribution in [2.75, 3.05) is 14.2 Å². The number of ether oxygens (including phenoxy) is 1. The highest BCUT2D eigenvalue weighted by molar-refractivity contribution is 6.30. The fourth-order valence-electron chi connectivity index (χ4n) is 3.17. The molecule has 0 spiro atoms. The zero-order valence-electron chi connectivity index (χ0n) is 16.1. The van der Waals surface area contributed by atoms with E-state index in [4.69, 9.17) is 20.8 Å². The van der Waals surface area contributed by atoms with E-state index in [1.54, 1.807) is 37.3 Å². The summed E-state index contributed by atoms with van der Waals surface area (Å²) in [5.74, 6) is 0.588. The van der Waals surface area contributed by atoms with Crippen LogP contribution in [0.2, 0.25) is 5.02 Å². The van der Waals surface area contributed by atoms with Crippen molar-refractivity contribution in [2.24, 2.45) is 0 Å². The van der Waals surface area contributed by atoms with Crippen molar-refractivity contribution in [1.82, 2.24) is 4.90 Å². The van der Waals surface area contributed by atoms with Gasteiger partial charge in [0, 0.05) is 42.1 Å². The minimum Gasteiger partial charge on any atom is -0.497 e. The molecule has 0 atom stereocenters. The van der Waals surface area contributed by atoms with Gasteiger partial charge < -0.3 is 14.1 Å². The van der Waals surface area contributed by atoms with Gasteiger partial charge in [-0.15, -0.1) is 0 Å². The third-order valence-electron chi connectivity index (χ3n) is 4.84. The fourth-order valence-corrected chi connectivity index (χ4v) is 3.29. The van der Waals surface area contributed by atoms with Crippen molar-refractivity contribution in [3.05, 3.63) is 74.6 Å². The molecule has 0 aliphatic rings. The number of carbonyl (C=O) groups excluding carboxylic acids is 1. The number of methoxy groups -OCH3 is 1. The summed E-state index contributed by atoms with van der Waals surface area (Å²) in [6, 6.07) is 12.8. The quantitative estimate of drug-likeness (QED) is 0.578. The molecule has 0 saturated heterocycles. The summed E-state index contributed by atoms with van der Waals surface area (Å²) in [4.78, 5) is 26.6. The van der Waals surface area contributed by atoms with Crippen molar-refractivity contribution in [3.63, 3.8) is 0 Å². The number of hydrogen-bond acceptors (Lipinski definition) is 4. The van der Waals surface area contributed by atoms with Gasteiger partial charge in [0.1, 0.15) is 11.3 Å². The number of rotatable bonds is 6. The zero-order chi connectivity index (χ0) is 20.3. The summed E-state index contributed by atoms with van der Waals surface area (Å²) in [5, 5.41) is 1.51. The third-order valence-corrected chi connectivity index (χ3v) is 5.09. The monoisotopic (exact) mass is 399 g/mol. The van der Waals surface area contributed by atoms with Gasteiger partial charge in [-0.05, 0) is 48.7 Å². The van der Waals surface area contributed by atoms with E-state index >= 15 is 0 Å². The molecule has 0 bridgehead atoms. The second kappa shape index (κ2) is 8.48. The van der Waals surface area contributed by atoms with E-state index in [1.165, 1.54) is 0 Å². The molecule has 146 valence electrons. The van der Waals surface area contributed by atoms with E-state index in [0.29, 0.717) is 34.9 Å². The molecule has 3 aromatic rings. The predicted molar refractivity (Wildman–Crippen MR) is 110 cm³/mol. The van der Waals surface area contributed by atoms with Gasteiger partial charge in [-0.25, -0.2) is 4.79 Å². The molecule has 1 heterocycles. The van der Waals surface area contributed by atoms with Crippen LogP contribution in [-0.4, -0.2) is 25.0 Å². The highest BCUT2D eigenvalue weighted by Crippen LogP contribution is 2.24. The topological polar surface area (TPSA) is 59.8 Å². The normalized spacial score (nSPS) is 10.9. The molecule has 0 unspecified atom stereocenters. The number of nitrogens with zero attached hydrogens (tertiary/aromatic N) is 1. The summed E-state index contributed by atoms with van der Waals surface area (Å²) in [6.45, 7) is 2.37. The number of aryl methyl sites for hydroxylation is 1. The maximum atomic E-state index is 12.5. The molecular formula is C22H22ClNO4. The van der Waals surface area contributed by atoms with Crippen LogP contribution in [0.3, 0.4) is 0 Å². The van der Waals surface area contributed by atoms with Gasteiger partial charge in [0.25, 0.3) is 0 Å². The Morgan fingerprint density at radius 1 is 1.18 bits per heavy atom. The average molecular weight is 400 g/mol. The van der Waals surface area contributed by atoms with Crippen molar-refractivity contribution >= 4 is 28.5 Å². The van der Waals surface area contributed by atoms with Crippen LogP contribution < -0.4 is 10.4 Å². The lowest BCUT2D eigenvalue weighted by Crippen LogP contribution is -2.27. The maximum Gasteiger partial charge on any atom is 0.339 e. The average Bonchev–Trinajstić information content (AvgIpc) is 2.68. The first-order valence-electron chi connectivity index (χ1n) is 8.97. The van der Waals surface area contributed by atoms with Gasteiger partial charge in [-0.1, -0.05) is 23.7 Å². The van der Waals surface area contributed by atoms with Crippen molar-refractivity contribution in [3.8, 4) is 5.75 Å². The van der Waals surface area contributed by atoms with Crippen LogP contribution in [0.25, 0.3) is 11.0 Å². The third kappa shape index (κ3) is 4.37. The molecule has 0 fully saturated rings. The van der Waals surface area contributed by atoms with Crippen LogP contribution in [0.5, 0.6) is 5.75 Å². The molecule has 0 radical (unpaired) electrons. The largest absolute Gasteiger partial charge is 0.497 e. The van der Waals surface area contributed by atoms with Gasteiger partial charge >= 0.3 is 5.63 Å². The lowest BCUT2D eigenvalue weighted by atomic mass is 10.0. The number of hydrogen-bond donors (Lipinski definition) is 0. The Bertz CT molecular complexity index is 1060. The van der Waals surface area contributed by atoms with E-state index in [0.717, 1.165) is 16.5 Å². The number of fused-ring (bicyclic) bond motifs is 1. The second-order valence-corrected chi connectivity index (χ2v) is 7.17. The zero-order valence-corrected chi connectivity index (χ0v) is 16.9. The van der Waals surface area contributed by atoms with Crippen molar-refractivity contribution < 1.29 is 13.9 Å². The van der Waals surface area contributed by atoms with Crippen LogP contribution in [-0.2, 0) is 17.8 Å². The van der Waals surface area contributed by atoms with Crippen molar-refractivity contribution in [1.29, 1.82) is 0 Å². The van der Waals surface area contributed by atoms with Gasteiger partial charge in [0.15, 0.2) is 0 Å². The molecule has 6 heteroatoms. The van der Waals surface area contributed by atoms with Gasteiger partial charge in [-0.3, -0.25) is 4.79 Å². The highest BCUT2D eigenvalue weighted by atomic mass is 35.5. The first-order chi connectivity index (χ1) is 13.4. The summed E-state index contributed by atoms with van der Waals surface area (Å²) in [5.41, 5.74) is 2.44. The summed E-state index contributed by atoms with van der Waals surface area (Å²) in [6.07, 6.45) is 0.567. The lowest BCUT2D eigenvalue weighted by Gasteiger charge is -2.17. The first kappa shape index (κ1) is 20.0. The van der Waals surface area contributed by atoms with E-state index in [2.05, 4.69) is 0 Å². The van der Waals surface area contributed by atoms with Crippen LogP contribution in [0.1, 0.15) is 23.1 Å². The summed E-state index contributed by atoms with van der Waals surface area (Å²) >= 11 is 5.89. The van der Waals surface area contributed by atoms with Gasteiger partial charge in [0.05, 0.1) is 7.11 Å². The van der Waals surface area contributed by atoms with E-state index in [1.807, 2.05) is 31.2 Å². The molecule has 5 nitrogen and oxygen atoms in total. The number of amides is 1. The molecular weight excluding hydrogens is 378 g/mol. The standard InChI is InChI=1S/C22H22ClNO4/c1-14-18-9-8-17(27-3)12-20(18)28-22(26)19(14)10-11-21(25)24(2)13-15-4-6-16(23)7-5-15/h4-9,12H,10-11,13H2,1-3H3. The highest BCUT2D eigenvalue weighted by Gasteiger charge is 2.15. The number of carbonyl (C=O) groups is 1. The summed E-state index contributed by atoms with van der Waals surface area (Å²) < 4.78 is 10.6. The molecule has 2 aromatic carbocycles. The Labute approximate surface area is 168 Å². The van der Waals surface area contributed by atoms with Crippen LogP contribution in [0, 0.1) is 6.92 Å². The van der Waals surface area contributed by atoms with Crippen LogP contribution in [0.4, 0.5) is 0 Å². The van der Waals surface area contributed by atoms with E-state index in [-0.39, 0.29) is 12.3 Å². The molecule has 3 rings (SSSR count). The molecule has 1 amide bonds. The summed E-state index contributed by atoms with van der Waals surface area (Å²) in [7, 11) is 3.31. The predicted octanol–water partition coefficient (Wildman–Crippen LogP) is 4.35. The van der Waals surface area contributed by atoms with Crippen LogP contribution >= 0.6 is 11.6 Å². The van der Waals surface area contributed by atoms with Crippen molar-refractivity contribution in [2.45, 2.75) is 26.3 Å².